The molecule has 0 saturated heterocycles. The molecular weight excluding hydrogens is 268 g/mol. The van der Waals surface area contributed by atoms with Crippen LogP contribution in [-0.2, 0) is 9.59 Å². The first-order valence-corrected chi connectivity index (χ1v) is 7.97. The maximum Gasteiger partial charge on any atom is 0.225 e. The van der Waals surface area contributed by atoms with Gasteiger partial charge < -0.3 is 15.7 Å². The lowest BCUT2D eigenvalue weighted by molar-refractivity contribution is -0.128. The van der Waals surface area contributed by atoms with Gasteiger partial charge in [0.25, 0.3) is 0 Å². The molecule has 0 heterocycles. The molecule has 1 unspecified atom stereocenters. The Balaban J connectivity index is 3.78. The number of hydrogen-bond acceptors (Lipinski definition) is 3. The highest BCUT2D eigenvalue weighted by molar-refractivity contribution is 5.81. The molecule has 0 radical (unpaired) electrons. The zero-order valence-electron chi connectivity index (χ0n) is 14.0. The monoisotopic (exact) mass is 300 g/mol. The predicted molar refractivity (Wildman–Crippen MR) is 84.8 cm³/mol. The van der Waals surface area contributed by atoms with Crippen LogP contribution in [0.3, 0.4) is 0 Å². The summed E-state index contributed by atoms with van der Waals surface area (Å²) in [5, 5.41) is 14.7. The van der Waals surface area contributed by atoms with Crippen LogP contribution in [0.15, 0.2) is 0 Å². The van der Waals surface area contributed by atoms with E-state index in [0.29, 0.717) is 31.8 Å². The second-order valence-electron chi connectivity index (χ2n) is 6.58. The molecule has 0 aromatic heterocycles. The number of amides is 2. The number of hydrogen-bond donors (Lipinski definition) is 3. The smallest absolute Gasteiger partial charge is 0.225 e. The largest absolute Gasteiger partial charge is 0.396 e. The van der Waals surface area contributed by atoms with Crippen molar-refractivity contribution in [3.63, 3.8) is 0 Å². The topological polar surface area (TPSA) is 78.4 Å². The highest BCUT2D eigenvalue weighted by atomic mass is 16.3. The van der Waals surface area contributed by atoms with E-state index >= 15 is 0 Å². The number of nitrogens with one attached hydrogen (secondary N) is 2. The van der Waals surface area contributed by atoms with Crippen molar-refractivity contribution in [2.75, 3.05) is 19.7 Å². The van der Waals surface area contributed by atoms with Crippen LogP contribution in [0.4, 0.5) is 0 Å². The fourth-order valence-corrected chi connectivity index (χ4v) is 2.00. The Morgan fingerprint density at radius 1 is 1.14 bits per heavy atom. The molecule has 0 fully saturated rings. The third-order valence-corrected chi connectivity index (χ3v) is 3.37. The molecule has 21 heavy (non-hydrogen) atoms. The van der Waals surface area contributed by atoms with E-state index in [0.717, 1.165) is 19.3 Å². The van der Waals surface area contributed by atoms with Crippen molar-refractivity contribution < 1.29 is 14.7 Å². The summed E-state index contributed by atoms with van der Waals surface area (Å²) in [7, 11) is 0. The van der Waals surface area contributed by atoms with Crippen molar-refractivity contribution in [1.82, 2.24) is 10.6 Å². The van der Waals surface area contributed by atoms with Gasteiger partial charge in [0.1, 0.15) is 0 Å². The number of carbonyl (C=O) groups excluding carboxylic acids is 2. The molecule has 0 aliphatic carbocycles. The van der Waals surface area contributed by atoms with Gasteiger partial charge in [-0.1, -0.05) is 34.1 Å². The third kappa shape index (κ3) is 10.3. The van der Waals surface area contributed by atoms with E-state index in [1.165, 1.54) is 0 Å². The van der Waals surface area contributed by atoms with Gasteiger partial charge in [-0.3, -0.25) is 9.59 Å². The molecule has 0 aliphatic rings. The van der Waals surface area contributed by atoms with Gasteiger partial charge in [-0.25, -0.2) is 0 Å². The summed E-state index contributed by atoms with van der Waals surface area (Å²) in [4.78, 5) is 23.3. The van der Waals surface area contributed by atoms with Gasteiger partial charge in [-0.2, -0.15) is 0 Å². The Labute approximate surface area is 128 Å². The lowest BCUT2D eigenvalue weighted by atomic mass is 9.96. The average molecular weight is 300 g/mol. The van der Waals surface area contributed by atoms with Gasteiger partial charge in [0.05, 0.1) is 0 Å². The molecule has 0 bridgehead atoms. The number of aliphatic hydroxyl groups excluding tert-OH is 1. The first-order chi connectivity index (χ1) is 9.81. The van der Waals surface area contributed by atoms with Crippen molar-refractivity contribution in [2.45, 2.75) is 59.8 Å². The van der Waals surface area contributed by atoms with E-state index < -0.39 is 0 Å². The van der Waals surface area contributed by atoms with Crippen LogP contribution >= 0.6 is 0 Å². The first-order valence-electron chi connectivity index (χ1n) is 7.97. The van der Waals surface area contributed by atoms with Crippen LogP contribution in [0.5, 0.6) is 0 Å². The summed E-state index contributed by atoms with van der Waals surface area (Å²) in [5.74, 6) is 0.373. The molecule has 0 aromatic rings. The van der Waals surface area contributed by atoms with E-state index in [1.807, 2.05) is 20.8 Å². The first kappa shape index (κ1) is 19.9. The number of rotatable bonds is 10. The highest BCUT2D eigenvalue weighted by Crippen LogP contribution is 2.12. The fraction of sp³-hybridized carbons (Fsp3) is 0.875. The van der Waals surface area contributed by atoms with Gasteiger partial charge in [-0.15, -0.1) is 0 Å². The lowest BCUT2D eigenvalue weighted by Gasteiger charge is -2.18. The van der Waals surface area contributed by atoms with Crippen LogP contribution in [0.2, 0.25) is 0 Å². The van der Waals surface area contributed by atoms with Gasteiger partial charge >= 0.3 is 0 Å². The second-order valence-corrected chi connectivity index (χ2v) is 6.58. The number of aliphatic hydroxyl groups is 1. The number of carbonyl (C=O) groups is 2. The van der Waals surface area contributed by atoms with E-state index in [4.69, 9.17) is 5.11 Å². The summed E-state index contributed by atoms with van der Waals surface area (Å²) < 4.78 is 0. The van der Waals surface area contributed by atoms with Crippen molar-refractivity contribution in [3.05, 3.63) is 0 Å². The molecule has 0 saturated carbocycles. The Morgan fingerprint density at radius 2 is 1.81 bits per heavy atom. The lowest BCUT2D eigenvalue weighted by Crippen LogP contribution is -2.36. The Kier molecular flexibility index (Phi) is 10.0. The van der Waals surface area contributed by atoms with Crippen LogP contribution in [0, 0.1) is 11.3 Å². The van der Waals surface area contributed by atoms with Crippen LogP contribution in [0.1, 0.15) is 59.8 Å². The molecule has 5 heteroatoms. The molecule has 0 rings (SSSR count). The minimum atomic E-state index is -0.389. The molecule has 0 aromatic carbocycles. The Hall–Kier alpha value is -1.10. The predicted octanol–water partition coefficient (Wildman–Crippen LogP) is 1.84. The standard InChI is InChI=1S/C16H32N2O3/c1-5-7-13(9-11-19)12-18-14(20)8-6-10-17-15(21)16(2,3)4/h13,19H,5-12H2,1-4H3,(H,17,21)(H,18,20). The maximum atomic E-state index is 11.7. The normalized spacial score (nSPS) is 12.8. The quantitative estimate of drug-likeness (QED) is 0.539. The molecule has 0 aliphatic heterocycles. The SMILES string of the molecule is CCCC(CCO)CNC(=O)CCCNC(=O)C(C)(C)C. The zero-order valence-corrected chi connectivity index (χ0v) is 14.0. The molecule has 2 amide bonds. The zero-order chi connectivity index (χ0) is 16.3. The van der Waals surface area contributed by atoms with Gasteiger partial charge in [-0.05, 0) is 25.2 Å². The summed E-state index contributed by atoms with van der Waals surface area (Å²) in [6.07, 6.45) is 3.87. The Morgan fingerprint density at radius 3 is 2.33 bits per heavy atom. The molecular formula is C16H32N2O3. The minimum Gasteiger partial charge on any atom is -0.396 e. The van der Waals surface area contributed by atoms with Crippen LogP contribution < -0.4 is 10.6 Å². The van der Waals surface area contributed by atoms with E-state index in [1.54, 1.807) is 0 Å². The summed E-state index contributed by atoms with van der Waals surface area (Å²) in [5.41, 5.74) is -0.389. The summed E-state index contributed by atoms with van der Waals surface area (Å²) in [6.45, 7) is 9.02. The van der Waals surface area contributed by atoms with Crippen LogP contribution in [0.25, 0.3) is 0 Å². The van der Waals surface area contributed by atoms with Crippen molar-refractivity contribution >= 4 is 11.8 Å². The molecule has 5 nitrogen and oxygen atoms in total. The Bertz CT molecular complexity index is 305. The van der Waals surface area contributed by atoms with Gasteiger partial charge in [0.2, 0.25) is 11.8 Å². The van der Waals surface area contributed by atoms with Gasteiger partial charge in [0.15, 0.2) is 0 Å². The highest BCUT2D eigenvalue weighted by Gasteiger charge is 2.20. The molecule has 124 valence electrons. The minimum absolute atomic E-state index is 0.00821. The summed E-state index contributed by atoms with van der Waals surface area (Å²) in [6, 6.07) is 0. The van der Waals surface area contributed by atoms with Gasteiger partial charge in [0, 0.05) is 31.5 Å². The molecule has 0 spiro atoms. The maximum absolute atomic E-state index is 11.7. The fourth-order valence-electron chi connectivity index (χ4n) is 2.00. The van der Waals surface area contributed by atoms with E-state index in [-0.39, 0.29) is 23.8 Å². The molecule has 1 atom stereocenters. The van der Waals surface area contributed by atoms with Crippen molar-refractivity contribution in [2.24, 2.45) is 11.3 Å². The van der Waals surface area contributed by atoms with E-state index in [9.17, 15) is 9.59 Å². The van der Waals surface area contributed by atoms with Crippen molar-refractivity contribution in [3.8, 4) is 0 Å². The second kappa shape index (κ2) is 10.6. The average Bonchev–Trinajstić information content (AvgIpc) is 2.40. The third-order valence-electron chi connectivity index (χ3n) is 3.37. The van der Waals surface area contributed by atoms with E-state index in [2.05, 4.69) is 17.6 Å². The van der Waals surface area contributed by atoms with Crippen LogP contribution in [-0.4, -0.2) is 36.6 Å². The molecule has 3 N–H and O–H groups in total. The van der Waals surface area contributed by atoms with Crippen molar-refractivity contribution in [1.29, 1.82) is 0 Å². The summed E-state index contributed by atoms with van der Waals surface area (Å²) >= 11 is 0.